The summed E-state index contributed by atoms with van der Waals surface area (Å²) in [5, 5.41) is 18.8. The Bertz CT molecular complexity index is 926. The fourth-order valence-corrected chi connectivity index (χ4v) is 4.02. The van der Waals surface area contributed by atoms with E-state index < -0.39 is 12.0 Å². The molecule has 0 saturated carbocycles. The number of nitrogens with one attached hydrogen (secondary N) is 2. The minimum absolute atomic E-state index is 0.235. The van der Waals surface area contributed by atoms with Crippen LogP contribution in [0.25, 0.3) is 0 Å². The number of fused-ring (bicyclic) bond motifs is 2. The van der Waals surface area contributed by atoms with Crippen molar-refractivity contribution in [2.24, 2.45) is 0 Å². The molecule has 9 heteroatoms. The quantitative estimate of drug-likeness (QED) is 0.638. The number of nitrogen functional groups attached to an aromatic ring is 1. The molecule has 0 radical (unpaired) electrons. The highest BCUT2D eigenvalue weighted by Crippen LogP contribution is 2.35. The van der Waals surface area contributed by atoms with Crippen molar-refractivity contribution < 1.29 is 19.1 Å². The van der Waals surface area contributed by atoms with E-state index in [9.17, 15) is 14.0 Å². The number of aromatic nitrogens is 2. The summed E-state index contributed by atoms with van der Waals surface area (Å²) in [6.45, 7) is 0.610. The lowest BCUT2D eigenvalue weighted by atomic mass is 9.89. The molecule has 2 heterocycles. The minimum atomic E-state index is -1.08. The predicted octanol–water partition coefficient (Wildman–Crippen LogP) is 1.97. The molecule has 1 unspecified atom stereocenters. The maximum absolute atomic E-state index is 13.7. The third-order valence-corrected chi connectivity index (χ3v) is 5.27. The lowest BCUT2D eigenvalue weighted by Gasteiger charge is -2.27. The predicted molar refractivity (Wildman–Crippen MR) is 96.5 cm³/mol. The van der Waals surface area contributed by atoms with Crippen LogP contribution in [-0.2, 0) is 12.8 Å². The van der Waals surface area contributed by atoms with Crippen LogP contribution >= 0.6 is 0 Å². The fourth-order valence-electron chi connectivity index (χ4n) is 4.02. The smallest absolute Gasteiger partial charge is 0.404 e. The Morgan fingerprint density at radius 3 is 2.96 bits per heavy atom. The van der Waals surface area contributed by atoms with Crippen LogP contribution in [0.5, 0.6) is 0 Å². The molecule has 0 saturated heterocycles. The van der Waals surface area contributed by atoms with Gasteiger partial charge in [0.1, 0.15) is 11.6 Å². The molecule has 2 atom stereocenters. The molecule has 2 aliphatic rings. The number of carbonyl (C=O) groups excluding carboxylic acids is 1. The Hall–Kier alpha value is -3.10. The first-order chi connectivity index (χ1) is 12.9. The summed E-state index contributed by atoms with van der Waals surface area (Å²) < 4.78 is 15.1. The Labute approximate surface area is 154 Å². The highest BCUT2D eigenvalue weighted by atomic mass is 19.1. The van der Waals surface area contributed by atoms with Gasteiger partial charge in [0.2, 0.25) is 0 Å². The van der Waals surface area contributed by atoms with E-state index in [0.717, 1.165) is 11.4 Å². The van der Waals surface area contributed by atoms with Crippen LogP contribution in [0.3, 0.4) is 0 Å². The highest BCUT2D eigenvalue weighted by Gasteiger charge is 2.33. The molecule has 1 aromatic carbocycles. The van der Waals surface area contributed by atoms with Gasteiger partial charge < -0.3 is 21.5 Å². The summed E-state index contributed by atoms with van der Waals surface area (Å²) in [5.74, 6) is -0.889. The van der Waals surface area contributed by atoms with Crippen molar-refractivity contribution in [3.63, 3.8) is 0 Å². The first kappa shape index (κ1) is 17.3. The van der Waals surface area contributed by atoms with Crippen molar-refractivity contribution in [3.8, 4) is 0 Å². The topological polar surface area (TPSA) is 122 Å². The molecule has 1 aromatic heterocycles. The van der Waals surface area contributed by atoms with Crippen LogP contribution in [0.15, 0.2) is 18.2 Å². The maximum atomic E-state index is 13.7. The molecule has 1 aliphatic heterocycles. The van der Waals surface area contributed by atoms with E-state index in [2.05, 4.69) is 15.7 Å². The van der Waals surface area contributed by atoms with Gasteiger partial charge in [0.25, 0.3) is 5.91 Å². The van der Waals surface area contributed by atoms with Crippen molar-refractivity contribution >= 4 is 23.5 Å². The van der Waals surface area contributed by atoms with Gasteiger partial charge in [-0.25, -0.2) is 13.9 Å². The largest absolute Gasteiger partial charge is 0.465 e. The number of nitrogens with two attached hydrogens (primary N) is 1. The van der Waals surface area contributed by atoms with E-state index >= 15 is 0 Å². The van der Waals surface area contributed by atoms with Gasteiger partial charge in [-0.3, -0.25) is 4.79 Å². The standard InChI is InChI=1S/C18H20FN5O3/c19-9-1-3-14-12(7-9)11(5-6-21-14)17(25)24-15-4-2-10(22-18(26)27)8-13(15)16(20)23-24/h1,3,7,10-11,21-22H,2,4-6,8H2,(H2,20,23)(H,26,27)/t10-,11?/m1/s1. The number of hydrogen-bond donors (Lipinski definition) is 4. The normalized spacial score (nSPS) is 20.9. The summed E-state index contributed by atoms with van der Waals surface area (Å²) >= 11 is 0. The Morgan fingerprint density at radius 1 is 1.37 bits per heavy atom. The fraction of sp³-hybridized carbons (Fsp3) is 0.389. The van der Waals surface area contributed by atoms with Crippen LogP contribution in [0, 0.1) is 5.82 Å². The molecule has 0 spiro atoms. The average Bonchev–Trinajstić information content (AvgIpc) is 2.96. The van der Waals surface area contributed by atoms with Crippen molar-refractivity contribution in [2.45, 2.75) is 37.6 Å². The van der Waals surface area contributed by atoms with Crippen LogP contribution in [-0.4, -0.2) is 39.5 Å². The Kier molecular flexibility index (Phi) is 4.21. The molecule has 1 amide bonds. The van der Waals surface area contributed by atoms with E-state index in [4.69, 9.17) is 10.8 Å². The summed E-state index contributed by atoms with van der Waals surface area (Å²) in [4.78, 5) is 24.1. The monoisotopic (exact) mass is 373 g/mol. The first-order valence-corrected chi connectivity index (χ1v) is 8.87. The van der Waals surface area contributed by atoms with Crippen molar-refractivity contribution in [2.75, 3.05) is 17.6 Å². The van der Waals surface area contributed by atoms with Crippen LogP contribution < -0.4 is 16.4 Å². The SMILES string of the molecule is Nc1nn(C(=O)C2CCNc3ccc(F)cc32)c2c1C[C@H](NC(=O)O)CC2. The zero-order valence-electron chi connectivity index (χ0n) is 14.5. The van der Waals surface area contributed by atoms with E-state index in [1.54, 1.807) is 6.07 Å². The van der Waals surface area contributed by atoms with Crippen molar-refractivity contribution in [1.29, 1.82) is 0 Å². The number of carboxylic acid groups (broad SMARTS) is 1. The zero-order valence-corrected chi connectivity index (χ0v) is 14.5. The summed E-state index contributed by atoms with van der Waals surface area (Å²) in [5.41, 5.74) is 8.81. The van der Waals surface area contributed by atoms with Gasteiger partial charge in [0.15, 0.2) is 0 Å². The number of anilines is 2. The lowest BCUT2D eigenvalue weighted by molar-refractivity contribution is 0.0851. The molecular weight excluding hydrogens is 353 g/mol. The molecular formula is C18H20FN5O3. The van der Waals surface area contributed by atoms with Gasteiger partial charge in [-0.05, 0) is 49.4 Å². The number of amides is 1. The van der Waals surface area contributed by atoms with Gasteiger partial charge in [0, 0.05) is 23.8 Å². The third-order valence-electron chi connectivity index (χ3n) is 5.27. The number of benzene rings is 1. The Morgan fingerprint density at radius 2 is 2.19 bits per heavy atom. The van der Waals surface area contributed by atoms with Crippen LogP contribution in [0.1, 0.15) is 40.4 Å². The minimum Gasteiger partial charge on any atom is -0.465 e. The second-order valence-corrected chi connectivity index (χ2v) is 6.95. The van der Waals surface area contributed by atoms with E-state index in [0.29, 0.717) is 43.4 Å². The molecule has 0 fully saturated rings. The molecule has 5 N–H and O–H groups in total. The number of carbonyl (C=O) groups is 2. The number of halogens is 1. The van der Waals surface area contributed by atoms with E-state index in [1.807, 2.05) is 0 Å². The Balaban J connectivity index is 1.66. The molecule has 142 valence electrons. The zero-order chi connectivity index (χ0) is 19.1. The first-order valence-electron chi connectivity index (χ1n) is 8.87. The van der Waals surface area contributed by atoms with E-state index in [-0.39, 0.29) is 23.6 Å². The van der Waals surface area contributed by atoms with Gasteiger partial charge in [-0.2, -0.15) is 0 Å². The number of hydrogen-bond acceptors (Lipinski definition) is 5. The van der Waals surface area contributed by atoms with Gasteiger partial charge in [-0.1, -0.05) is 0 Å². The summed E-state index contributed by atoms with van der Waals surface area (Å²) in [7, 11) is 0. The van der Waals surface area contributed by atoms with Crippen LogP contribution in [0.4, 0.5) is 20.7 Å². The maximum Gasteiger partial charge on any atom is 0.404 e. The summed E-state index contributed by atoms with van der Waals surface area (Å²) in [6.07, 6.45) is 0.913. The molecule has 4 rings (SSSR count). The van der Waals surface area contributed by atoms with Gasteiger partial charge in [0.05, 0.1) is 11.6 Å². The molecule has 0 bridgehead atoms. The second-order valence-electron chi connectivity index (χ2n) is 6.95. The lowest BCUT2D eigenvalue weighted by Crippen LogP contribution is -2.38. The van der Waals surface area contributed by atoms with Gasteiger partial charge in [-0.15, -0.1) is 5.10 Å². The highest BCUT2D eigenvalue weighted by molar-refractivity contribution is 5.89. The number of nitrogens with zero attached hydrogens (tertiary/aromatic N) is 2. The molecule has 8 nitrogen and oxygen atoms in total. The van der Waals surface area contributed by atoms with Crippen molar-refractivity contribution in [1.82, 2.24) is 15.1 Å². The second kappa shape index (κ2) is 6.57. The molecule has 1 aliphatic carbocycles. The van der Waals surface area contributed by atoms with Gasteiger partial charge >= 0.3 is 6.09 Å². The summed E-state index contributed by atoms with van der Waals surface area (Å²) in [6, 6.07) is 4.14. The average molecular weight is 373 g/mol. The van der Waals surface area contributed by atoms with Crippen LogP contribution in [0.2, 0.25) is 0 Å². The van der Waals surface area contributed by atoms with Crippen molar-refractivity contribution in [3.05, 3.63) is 40.8 Å². The molecule has 27 heavy (non-hydrogen) atoms. The molecule has 2 aromatic rings. The third kappa shape index (κ3) is 3.09. The number of rotatable bonds is 2. The van der Waals surface area contributed by atoms with E-state index in [1.165, 1.54) is 16.8 Å².